The minimum Gasteiger partial charge on any atom is -0.397 e. The Hall–Kier alpha value is -3.54. The lowest BCUT2D eigenvalue weighted by Crippen LogP contribution is -2.39. The molecule has 0 saturated carbocycles. The van der Waals surface area contributed by atoms with Crippen LogP contribution in [0.1, 0.15) is 32.8 Å². The average Bonchev–Trinajstić information content (AvgIpc) is 2.70. The van der Waals surface area contributed by atoms with Crippen LogP contribution in [0.4, 0.5) is 17.1 Å². The molecule has 148 valence electrons. The Balaban J connectivity index is 2.22. The maximum atomic E-state index is 13.0. The first-order valence-corrected chi connectivity index (χ1v) is 9.32. The Morgan fingerprint density at radius 1 is 1.00 bits per heavy atom. The molecule has 2 aromatic rings. The van der Waals surface area contributed by atoms with Gasteiger partial charge < -0.3 is 11.5 Å². The first kappa shape index (κ1) is 20.2. The molecule has 0 aliphatic heterocycles. The summed E-state index contributed by atoms with van der Waals surface area (Å²) in [5.41, 5.74) is 14.6. The lowest BCUT2D eigenvalue weighted by Gasteiger charge is -2.33. The number of allylic oxidation sites excluding steroid dienone is 2. The van der Waals surface area contributed by atoms with Crippen molar-refractivity contribution >= 4 is 34.2 Å². The number of rotatable bonds is 5. The summed E-state index contributed by atoms with van der Waals surface area (Å²) in [5.74, 6) is -0.291. The number of hydrogen-bond donors (Lipinski definition) is 2. The van der Waals surface area contributed by atoms with E-state index >= 15 is 0 Å². The summed E-state index contributed by atoms with van der Waals surface area (Å²) in [4.78, 5) is 25.2. The van der Waals surface area contributed by atoms with Crippen LogP contribution in [-0.4, -0.2) is 17.1 Å². The summed E-state index contributed by atoms with van der Waals surface area (Å²) in [7, 11) is 0. The van der Waals surface area contributed by atoms with E-state index < -0.39 is 5.54 Å². The van der Waals surface area contributed by atoms with E-state index in [1.54, 1.807) is 18.2 Å². The molecule has 6 nitrogen and oxygen atoms in total. The smallest absolute Gasteiger partial charge is 0.169 e. The van der Waals surface area contributed by atoms with Gasteiger partial charge in [-0.2, -0.15) is 10.2 Å². The molecule has 0 spiro atoms. The van der Waals surface area contributed by atoms with Crippen molar-refractivity contribution in [3.05, 3.63) is 71.3 Å². The Kier molecular flexibility index (Phi) is 5.46. The number of benzene rings is 2. The first-order chi connectivity index (χ1) is 13.8. The molecule has 2 aromatic carbocycles. The molecule has 4 N–H and O–H groups in total. The third-order valence-electron chi connectivity index (χ3n) is 5.25. The highest BCUT2D eigenvalue weighted by atomic mass is 16.1. The number of carbonyl (C=O) groups excluding carboxylic acids is 2. The van der Waals surface area contributed by atoms with E-state index in [0.717, 1.165) is 11.1 Å². The van der Waals surface area contributed by atoms with Gasteiger partial charge in [0, 0.05) is 12.0 Å². The summed E-state index contributed by atoms with van der Waals surface area (Å²) in [6, 6.07) is 14.6. The van der Waals surface area contributed by atoms with E-state index in [1.807, 2.05) is 43.3 Å². The van der Waals surface area contributed by atoms with Gasteiger partial charge in [-0.25, -0.2) is 0 Å². The SMILES string of the molecule is CC(=O)C1=C(C)C=C(c2ccccc2)C(N=Nc2cccc(N)c2N)(C(C)=O)C1. The normalized spacial score (nSPS) is 19.3. The number of nitrogen functional groups attached to an aromatic ring is 2. The van der Waals surface area contributed by atoms with E-state index in [9.17, 15) is 9.59 Å². The average molecular weight is 388 g/mol. The van der Waals surface area contributed by atoms with Crippen molar-refractivity contribution in [2.24, 2.45) is 10.2 Å². The van der Waals surface area contributed by atoms with Gasteiger partial charge in [-0.05, 0) is 49.6 Å². The van der Waals surface area contributed by atoms with Gasteiger partial charge >= 0.3 is 0 Å². The number of hydrogen-bond acceptors (Lipinski definition) is 6. The molecule has 1 aliphatic carbocycles. The number of anilines is 2. The van der Waals surface area contributed by atoms with Crippen LogP contribution in [0.3, 0.4) is 0 Å². The second kappa shape index (κ2) is 7.83. The Morgan fingerprint density at radius 3 is 2.31 bits per heavy atom. The zero-order valence-corrected chi connectivity index (χ0v) is 16.8. The minimum atomic E-state index is -1.32. The fourth-order valence-corrected chi connectivity index (χ4v) is 3.53. The Bertz CT molecular complexity index is 1070. The fourth-order valence-electron chi connectivity index (χ4n) is 3.53. The van der Waals surface area contributed by atoms with Crippen LogP contribution in [0.25, 0.3) is 5.57 Å². The van der Waals surface area contributed by atoms with Crippen LogP contribution < -0.4 is 11.5 Å². The van der Waals surface area contributed by atoms with Gasteiger partial charge in [-0.3, -0.25) is 9.59 Å². The largest absolute Gasteiger partial charge is 0.397 e. The fraction of sp³-hybridized carbons (Fsp3) is 0.217. The van der Waals surface area contributed by atoms with Gasteiger partial charge in [0.05, 0.1) is 11.4 Å². The van der Waals surface area contributed by atoms with E-state index in [2.05, 4.69) is 10.2 Å². The molecule has 29 heavy (non-hydrogen) atoms. The molecule has 1 unspecified atom stereocenters. The van der Waals surface area contributed by atoms with Gasteiger partial charge in [0.1, 0.15) is 5.69 Å². The van der Waals surface area contributed by atoms with Crippen LogP contribution >= 0.6 is 0 Å². The molecule has 0 amide bonds. The molecule has 0 bridgehead atoms. The highest BCUT2D eigenvalue weighted by Gasteiger charge is 2.44. The second-order valence-electron chi connectivity index (χ2n) is 7.22. The molecule has 0 fully saturated rings. The van der Waals surface area contributed by atoms with Crippen LogP contribution in [0, 0.1) is 0 Å². The van der Waals surface area contributed by atoms with Gasteiger partial charge in [0.2, 0.25) is 0 Å². The van der Waals surface area contributed by atoms with Gasteiger partial charge in [0.15, 0.2) is 17.1 Å². The number of Topliss-reactive ketones (excluding diaryl/α,β-unsaturated/α-hetero) is 2. The van der Waals surface area contributed by atoms with Crippen molar-refractivity contribution in [2.75, 3.05) is 11.5 Å². The number of ketones is 2. The highest BCUT2D eigenvalue weighted by molar-refractivity contribution is 6.06. The zero-order valence-electron chi connectivity index (χ0n) is 16.8. The summed E-state index contributed by atoms with van der Waals surface area (Å²) >= 11 is 0. The van der Waals surface area contributed by atoms with E-state index in [4.69, 9.17) is 11.5 Å². The van der Waals surface area contributed by atoms with Crippen LogP contribution in [0.5, 0.6) is 0 Å². The molecule has 0 heterocycles. The standard InChI is InChI=1S/C23H24N4O2/c1-14-12-19(17-8-5-4-6-9-17)23(16(3)29,13-18(14)15(2)28)27-26-21-11-7-10-20(24)22(21)25/h4-12H,13,24-25H2,1-3H3. The first-order valence-electron chi connectivity index (χ1n) is 9.32. The molecule has 1 atom stereocenters. The molecule has 1 aliphatic rings. The van der Waals surface area contributed by atoms with Crippen LogP contribution in [0.15, 0.2) is 76.0 Å². The molecular weight excluding hydrogens is 364 g/mol. The summed E-state index contributed by atoms with van der Waals surface area (Å²) < 4.78 is 0. The van der Waals surface area contributed by atoms with Crippen molar-refractivity contribution < 1.29 is 9.59 Å². The van der Waals surface area contributed by atoms with Crippen molar-refractivity contribution in [3.63, 3.8) is 0 Å². The van der Waals surface area contributed by atoms with E-state index in [0.29, 0.717) is 28.2 Å². The Labute approximate surface area is 170 Å². The van der Waals surface area contributed by atoms with Crippen molar-refractivity contribution in [1.82, 2.24) is 0 Å². The monoisotopic (exact) mass is 388 g/mol. The molecule has 3 rings (SSSR count). The van der Waals surface area contributed by atoms with E-state index in [-0.39, 0.29) is 18.0 Å². The predicted molar refractivity (Wildman–Crippen MR) is 116 cm³/mol. The van der Waals surface area contributed by atoms with Crippen molar-refractivity contribution in [2.45, 2.75) is 32.7 Å². The van der Waals surface area contributed by atoms with Crippen LogP contribution in [0.2, 0.25) is 0 Å². The van der Waals surface area contributed by atoms with Gasteiger partial charge in [-0.1, -0.05) is 42.5 Å². The van der Waals surface area contributed by atoms with E-state index in [1.165, 1.54) is 13.8 Å². The highest BCUT2D eigenvalue weighted by Crippen LogP contribution is 2.43. The topological polar surface area (TPSA) is 111 Å². The van der Waals surface area contributed by atoms with Gasteiger partial charge in [0.25, 0.3) is 0 Å². The third-order valence-corrected chi connectivity index (χ3v) is 5.25. The van der Waals surface area contributed by atoms with Crippen LogP contribution in [-0.2, 0) is 9.59 Å². The van der Waals surface area contributed by atoms with Crippen molar-refractivity contribution in [1.29, 1.82) is 0 Å². The number of carbonyl (C=O) groups is 2. The summed E-state index contributed by atoms with van der Waals surface area (Å²) in [6.45, 7) is 4.84. The molecule has 0 saturated heterocycles. The quantitative estimate of drug-likeness (QED) is 0.573. The number of para-hydroxylation sites is 1. The molecule has 0 radical (unpaired) electrons. The Morgan fingerprint density at radius 2 is 1.69 bits per heavy atom. The molecular formula is C23H24N4O2. The number of nitrogens with two attached hydrogens (primary N) is 2. The lowest BCUT2D eigenvalue weighted by atomic mass is 9.72. The zero-order chi connectivity index (χ0) is 21.2. The van der Waals surface area contributed by atoms with Gasteiger partial charge in [-0.15, -0.1) is 0 Å². The third kappa shape index (κ3) is 3.74. The second-order valence-corrected chi connectivity index (χ2v) is 7.22. The number of nitrogens with zero attached hydrogens (tertiary/aromatic N) is 2. The molecule has 6 heteroatoms. The number of azo groups is 1. The maximum absolute atomic E-state index is 13.0. The minimum absolute atomic E-state index is 0.0878. The maximum Gasteiger partial charge on any atom is 0.169 e. The van der Waals surface area contributed by atoms with Crippen molar-refractivity contribution in [3.8, 4) is 0 Å². The predicted octanol–water partition coefficient (Wildman–Crippen LogP) is 4.66. The lowest BCUT2D eigenvalue weighted by molar-refractivity contribution is -0.120. The molecule has 0 aromatic heterocycles. The summed E-state index contributed by atoms with van der Waals surface area (Å²) in [5, 5.41) is 8.80. The summed E-state index contributed by atoms with van der Waals surface area (Å²) in [6.07, 6.45) is 2.01.